The number of hydrogen-bond acceptors (Lipinski definition) is 3. The Morgan fingerprint density at radius 2 is 1.86 bits per heavy atom. The van der Waals surface area contributed by atoms with Gasteiger partial charge >= 0.3 is 6.03 Å². The second-order valence-corrected chi connectivity index (χ2v) is 4.62. The summed E-state index contributed by atoms with van der Waals surface area (Å²) in [5.41, 5.74) is 2.04. The molecule has 2 N–H and O–H groups in total. The molecule has 1 aliphatic heterocycles. The molecule has 21 heavy (non-hydrogen) atoms. The molecule has 2 heterocycles. The number of carbonyl (C=O) groups excluding carboxylic acids is 2. The number of pyridine rings is 1. The van der Waals surface area contributed by atoms with E-state index < -0.39 is 0 Å². The van der Waals surface area contributed by atoms with Gasteiger partial charge in [0.25, 0.3) is 5.91 Å². The van der Waals surface area contributed by atoms with Crippen LogP contribution in [0, 0.1) is 0 Å². The summed E-state index contributed by atoms with van der Waals surface area (Å²) in [4.78, 5) is 29.1. The predicted octanol–water partition coefficient (Wildman–Crippen LogP) is 1.86. The summed E-state index contributed by atoms with van der Waals surface area (Å²) in [6.07, 6.45) is 3.15. The van der Waals surface area contributed by atoms with E-state index in [0.717, 1.165) is 5.69 Å². The fourth-order valence-electron chi connectivity index (χ4n) is 2.15. The van der Waals surface area contributed by atoms with E-state index >= 15 is 0 Å². The number of amides is 3. The van der Waals surface area contributed by atoms with Crippen LogP contribution in [-0.4, -0.2) is 30.0 Å². The highest BCUT2D eigenvalue weighted by molar-refractivity contribution is 6.04. The number of nitrogens with zero attached hydrogens (tertiary/aromatic N) is 2. The molecule has 0 atom stereocenters. The highest BCUT2D eigenvalue weighted by atomic mass is 16.2. The molecule has 3 amide bonds. The third-order valence-corrected chi connectivity index (χ3v) is 3.24. The zero-order valence-electron chi connectivity index (χ0n) is 11.2. The average molecular weight is 282 g/mol. The Balaban J connectivity index is 1.70. The number of nitrogens with one attached hydrogen (secondary N) is 2. The molecule has 0 bridgehead atoms. The van der Waals surface area contributed by atoms with Gasteiger partial charge in [0, 0.05) is 42.4 Å². The fourth-order valence-corrected chi connectivity index (χ4v) is 2.15. The van der Waals surface area contributed by atoms with E-state index in [1.54, 1.807) is 41.6 Å². The van der Waals surface area contributed by atoms with Crippen LogP contribution in [-0.2, 0) is 0 Å². The van der Waals surface area contributed by atoms with Crippen LogP contribution in [0.3, 0.4) is 0 Å². The van der Waals surface area contributed by atoms with Crippen LogP contribution in [0.15, 0.2) is 48.8 Å². The Morgan fingerprint density at radius 1 is 1.14 bits per heavy atom. The van der Waals surface area contributed by atoms with Gasteiger partial charge in [0.05, 0.1) is 0 Å². The third kappa shape index (κ3) is 2.84. The second-order valence-electron chi connectivity index (χ2n) is 4.62. The summed E-state index contributed by atoms with van der Waals surface area (Å²) in [6.45, 7) is 1.31. The largest absolute Gasteiger partial charge is 0.336 e. The summed E-state index contributed by atoms with van der Waals surface area (Å²) in [6, 6.07) is 10.4. The molecule has 1 saturated heterocycles. The van der Waals surface area contributed by atoms with Crippen LogP contribution in [0.2, 0.25) is 0 Å². The number of rotatable bonds is 3. The molecule has 0 unspecified atom stereocenters. The Hall–Kier alpha value is -2.89. The summed E-state index contributed by atoms with van der Waals surface area (Å²) in [7, 11) is 0. The molecule has 0 radical (unpaired) electrons. The molecule has 106 valence electrons. The molecule has 0 aliphatic carbocycles. The quantitative estimate of drug-likeness (QED) is 0.902. The van der Waals surface area contributed by atoms with Gasteiger partial charge in [-0.3, -0.25) is 14.7 Å². The predicted molar refractivity (Wildman–Crippen MR) is 79.4 cm³/mol. The zero-order valence-corrected chi connectivity index (χ0v) is 11.2. The van der Waals surface area contributed by atoms with Crippen molar-refractivity contribution in [3.63, 3.8) is 0 Å². The summed E-state index contributed by atoms with van der Waals surface area (Å²) < 4.78 is 0. The van der Waals surface area contributed by atoms with Crippen LogP contribution in [0.25, 0.3) is 0 Å². The topological polar surface area (TPSA) is 74.3 Å². The van der Waals surface area contributed by atoms with Crippen molar-refractivity contribution in [2.24, 2.45) is 0 Å². The van der Waals surface area contributed by atoms with E-state index in [1.165, 1.54) is 0 Å². The van der Waals surface area contributed by atoms with Crippen molar-refractivity contribution < 1.29 is 9.59 Å². The normalized spacial score (nSPS) is 13.9. The molecule has 2 aromatic rings. The van der Waals surface area contributed by atoms with Crippen LogP contribution < -0.4 is 15.5 Å². The highest BCUT2D eigenvalue weighted by Gasteiger charge is 2.20. The van der Waals surface area contributed by atoms with Crippen molar-refractivity contribution >= 4 is 23.3 Å². The maximum atomic E-state index is 12.0. The van der Waals surface area contributed by atoms with E-state index in [9.17, 15) is 9.59 Å². The summed E-state index contributed by atoms with van der Waals surface area (Å²) in [5.74, 6) is -0.191. The maximum absolute atomic E-state index is 12.0. The molecule has 1 aromatic heterocycles. The van der Waals surface area contributed by atoms with Crippen molar-refractivity contribution in [2.75, 3.05) is 23.3 Å². The first-order valence-electron chi connectivity index (χ1n) is 6.61. The molecule has 6 heteroatoms. The van der Waals surface area contributed by atoms with E-state index in [2.05, 4.69) is 15.6 Å². The molecule has 1 aliphatic rings. The van der Waals surface area contributed by atoms with Crippen LogP contribution in [0.5, 0.6) is 0 Å². The molecule has 0 saturated carbocycles. The SMILES string of the molecule is O=C(Nc1ccc(N2CCNC2=O)cc1)c1ccncc1. The molecule has 0 spiro atoms. The lowest BCUT2D eigenvalue weighted by Crippen LogP contribution is -2.27. The van der Waals surface area contributed by atoms with Crippen molar-refractivity contribution in [3.8, 4) is 0 Å². The summed E-state index contributed by atoms with van der Waals surface area (Å²) >= 11 is 0. The van der Waals surface area contributed by atoms with Crippen molar-refractivity contribution in [2.45, 2.75) is 0 Å². The molecular weight excluding hydrogens is 268 g/mol. The molecule has 1 aromatic carbocycles. The van der Waals surface area contributed by atoms with Crippen LogP contribution in [0.1, 0.15) is 10.4 Å². The number of anilines is 2. The Kier molecular flexibility index (Phi) is 3.51. The highest BCUT2D eigenvalue weighted by Crippen LogP contribution is 2.19. The van der Waals surface area contributed by atoms with Crippen molar-refractivity contribution in [3.05, 3.63) is 54.4 Å². The van der Waals surface area contributed by atoms with Crippen LogP contribution in [0.4, 0.5) is 16.2 Å². The lowest BCUT2D eigenvalue weighted by Gasteiger charge is -2.14. The standard InChI is InChI=1S/C15H14N4O2/c20-14(11-5-7-16-8-6-11)18-12-1-3-13(4-2-12)19-10-9-17-15(19)21/h1-8H,9-10H2,(H,17,21)(H,18,20). The second kappa shape index (κ2) is 5.62. The van der Waals surface area contributed by atoms with Gasteiger partial charge in [0.1, 0.15) is 0 Å². The Bertz CT molecular complexity index is 655. The summed E-state index contributed by atoms with van der Waals surface area (Å²) in [5, 5.41) is 5.55. The Labute approximate surface area is 121 Å². The van der Waals surface area contributed by atoms with Gasteiger partial charge in [0.15, 0.2) is 0 Å². The van der Waals surface area contributed by atoms with E-state index in [0.29, 0.717) is 24.3 Å². The van der Waals surface area contributed by atoms with Gasteiger partial charge < -0.3 is 10.6 Å². The fraction of sp³-hybridized carbons (Fsp3) is 0.133. The van der Waals surface area contributed by atoms with Crippen LogP contribution >= 0.6 is 0 Å². The number of aromatic nitrogens is 1. The first-order valence-corrected chi connectivity index (χ1v) is 6.61. The van der Waals surface area contributed by atoms with Crippen molar-refractivity contribution in [1.29, 1.82) is 0 Å². The lowest BCUT2D eigenvalue weighted by molar-refractivity contribution is 0.102. The first-order chi connectivity index (χ1) is 10.2. The minimum absolute atomic E-state index is 0.0939. The van der Waals surface area contributed by atoms with Crippen molar-refractivity contribution in [1.82, 2.24) is 10.3 Å². The van der Waals surface area contributed by atoms with Gasteiger partial charge in [-0.2, -0.15) is 0 Å². The molecule has 6 nitrogen and oxygen atoms in total. The van der Waals surface area contributed by atoms with Gasteiger partial charge in [-0.25, -0.2) is 4.79 Å². The minimum atomic E-state index is -0.191. The molecule has 1 fully saturated rings. The third-order valence-electron chi connectivity index (χ3n) is 3.24. The number of carbonyl (C=O) groups is 2. The number of hydrogen-bond donors (Lipinski definition) is 2. The van der Waals surface area contributed by atoms with Gasteiger partial charge in [-0.15, -0.1) is 0 Å². The van der Waals surface area contributed by atoms with Gasteiger partial charge in [-0.05, 0) is 36.4 Å². The monoisotopic (exact) mass is 282 g/mol. The van der Waals surface area contributed by atoms with E-state index in [4.69, 9.17) is 0 Å². The smallest absolute Gasteiger partial charge is 0.321 e. The van der Waals surface area contributed by atoms with Gasteiger partial charge in [0.2, 0.25) is 0 Å². The minimum Gasteiger partial charge on any atom is -0.336 e. The number of urea groups is 1. The van der Waals surface area contributed by atoms with E-state index in [1.807, 2.05) is 12.1 Å². The van der Waals surface area contributed by atoms with E-state index in [-0.39, 0.29) is 11.9 Å². The molecule has 3 rings (SSSR count). The first kappa shape index (κ1) is 13.1. The average Bonchev–Trinajstić information content (AvgIpc) is 2.95. The van der Waals surface area contributed by atoms with Gasteiger partial charge in [-0.1, -0.05) is 0 Å². The number of benzene rings is 1. The maximum Gasteiger partial charge on any atom is 0.321 e. The lowest BCUT2D eigenvalue weighted by atomic mass is 10.2. The Morgan fingerprint density at radius 3 is 2.48 bits per heavy atom. The zero-order chi connectivity index (χ0) is 14.7. The molecular formula is C15H14N4O2.